The molecule has 2 rings (SSSR count). The van der Waals surface area contributed by atoms with Crippen molar-refractivity contribution in [2.45, 2.75) is 26.3 Å². The Morgan fingerprint density at radius 2 is 2.00 bits per heavy atom. The first-order valence-corrected chi connectivity index (χ1v) is 6.79. The Morgan fingerprint density at radius 3 is 2.62 bits per heavy atom. The van der Waals surface area contributed by atoms with Crippen molar-refractivity contribution in [2.24, 2.45) is 0 Å². The van der Waals surface area contributed by atoms with E-state index in [2.05, 4.69) is 5.32 Å². The highest BCUT2D eigenvalue weighted by Gasteiger charge is 2.16. The minimum atomic E-state index is -0.436. The van der Waals surface area contributed by atoms with Crippen LogP contribution in [0.4, 0.5) is 15.8 Å². The minimum absolute atomic E-state index is 0.0199. The standard InChI is InChI=1S/C16H17FN2O2/c1-3-15(13-6-4-5-7-14(13)17)18-16-10-12(19(20)21)9-8-11(16)2/h4-10,15,18H,3H2,1-2H3. The summed E-state index contributed by atoms with van der Waals surface area (Å²) in [6.07, 6.45) is 0.670. The number of nitrogens with one attached hydrogen (secondary N) is 1. The predicted octanol–water partition coefficient (Wildman–Crippen LogP) is 4.61. The van der Waals surface area contributed by atoms with E-state index in [4.69, 9.17) is 0 Å². The van der Waals surface area contributed by atoms with E-state index in [1.165, 1.54) is 18.2 Å². The van der Waals surface area contributed by atoms with Gasteiger partial charge in [0.05, 0.1) is 11.0 Å². The van der Waals surface area contributed by atoms with E-state index in [9.17, 15) is 14.5 Å². The molecule has 0 bridgehead atoms. The van der Waals surface area contributed by atoms with Crippen molar-refractivity contribution in [3.05, 3.63) is 69.5 Å². The summed E-state index contributed by atoms with van der Waals surface area (Å²) in [6.45, 7) is 3.80. The lowest BCUT2D eigenvalue weighted by atomic mass is 10.0. The number of benzene rings is 2. The molecular formula is C16H17FN2O2. The van der Waals surface area contributed by atoms with Crippen molar-refractivity contribution in [1.29, 1.82) is 0 Å². The number of hydrogen-bond acceptors (Lipinski definition) is 3. The fraction of sp³-hybridized carbons (Fsp3) is 0.250. The molecule has 110 valence electrons. The van der Waals surface area contributed by atoms with Crippen molar-refractivity contribution in [2.75, 3.05) is 5.32 Å². The third kappa shape index (κ3) is 3.37. The summed E-state index contributed by atoms with van der Waals surface area (Å²) in [5, 5.41) is 14.1. The van der Waals surface area contributed by atoms with Crippen molar-refractivity contribution < 1.29 is 9.31 Å². The van der Waals surface area contributed by atoms with Crippen molar-refractivity contribution in [1.82, 2.24) is 0 Å². The molecule has 0 radical (unpaired) electrons. The third-order valence-corrected chi connectivity index (χ3v) is 3.45. The van der Waals surface area contributed by atoms with Gasteiger partial charge < -0.3 is 5.32 Å². The molecule has 4 nitrogen and oxygen atoms in total. The third-order valence-electron chi connectivity index (χ3n) is 3.45. The van der Waals surface area contributed by atoms with Crippen LogP contribution in [0.15, 0.2) is 42.5 Å². The van der Waals surface area contributed by atoms with E-state index in [1.54, 1.807) is 24.3 Å². The van der Waals surface area contributed by atoms with Crippen molar-refractivity contribution in [3.8, 4) is 0 Å². The number of non-ortho nitro benzene ring substituents is 1. The van der Waals surface area contributed by atoms with E-state index < -0.39 is 4.92 Å². The SMILES string of the molecule is CCC(Nc1cc([N+](=O)[O-])ccc1C)c1ccccc1F. The summed E-state index contributed by atoms with van der Waals surface area (Å²) in [7, 11) is 0. The zero-order valence-electron chi connectivity index (χ0n) is 12.0. The van der Waals surface area contributed by atoms with Crippen LogP contribution in [-0.4, -0.2) is 4.92 Å². The first-order valence-electron chi connectivity index (χ1n) is 6.79. The van der Waals surface area contributed by atoms with Gasteiger partial charge in [0.25, 0.3) is 5.69 Å². The maximum atomic E-state index is 13.9. The highest BCUT2D eigenvalue weighted by atomic mass is 19.1. The average Bonchev–Trinajstić information content (AvgIpc) is 2.47. The van der Waals surface area contributed by atoms with Crippen LogP contribution in [0.1, 0.15) is 30.5 Å². The molecule has 2 aromatic rings. The average molecular weight is 288 g/mol. The van der Waals surface area contributed by atoms with Crippen LogP contribution in [0, 0.1) is 22.9 Å². The molecule has 0 aliphatic rings. The largest absolute Gasteiger partial charge is 0.378 e. The van der Waals surface area contributed by atoms with Gasteiger partial charge >= 0.3 is 0 Å². The topological polar surface area (TPSA) is 55.2 Å². The summed E-state index contributed by atoms with van der Waals surface area (Å²) in [5.41, 5.74) is 2.12. The van der Waals surface area contributed by atoms with Crippen molar-refractivity contribution >= 4 is 11.4 Å². The first kappa shape index (κ1) is 15.0. The Kier molecular flexibility index (Phi) is 4.52. The second-order valence-corrected chi connectivity index (χ2v) is 4.88. The molecule has 0 saturated heterocycles. The van der Waals surface area contributed by atoms with Crippen molar-refractivity contribution in [3.63, 3.8) is 0 Å². The molecule has 0 spiro atoms. The summed E-state index contributed by atoms with van der Waals surface area (Å²) in [6, 6.07) is 11.0. The summed E-state index contributed by atoms with van der Waals surface area (Å²) < 4.78 is 13.9. The van der Waals surface area contributed by atoms with E-state index in [-0.39, 0.29) is 17.5 Å². The summed E-state index contributed by atoms with van der Waals surface area (Å²) in [4.78, 5) is 10.4. The van der Waals surface area contributed by atoms with E-state index in [0.717, 1.165) is 5.56 Å². The number of nitro groups is 1. The lowest BCUT2D eigenvalue weighted by Gasteiger charge is -2.20. The summed E-state index contributed by atoms with van der Waals surface area (Å²) in [5.74, 6) is -0.278. The van der Waals surface area contributed by atoms with Crippen LogP contribution in [0.5, 0.6) is 0 Å². The molecule has 0 aromatic heterocycles. The molecule has 1 unspecified atom stereocenters. The summed E-state index contributed by atoms with van der Waals surface area (Å²) >= 11 is 0. The second-order valence-electron chi connectivity index (χ2n) is 4.88. The number of nitro benzene ring substituents is 1. The molecule has 2 aromatic carbocycles. The number of anilines is 1. The molecule has 0 amide bonds. The monoisotopic (exact) mass is 288 g/mol. The maximum absolute atomic E-state index is 13.9. The molecule has 0 fully saturated rings. The Morgan fingerprint density at radius 1 is 1.29 bits per heavy atom. The van der Waals surface area contributed by atoms with Gasteiger partial charge in [-0.1, -0.05) is 31.2 Å². The van der Waals surface area contributed by atoms with Gasteiger partial charge in [-0.2, -0.15) is 0 Å². The Hall–Kier alpha value is -2.43. The molecule has 0 saturated carbocycles. The van der Waals surface area contributed by atoms with Gasteiger partial charge in [-0.3, -0.25) is 10.1 Å². The Balaban J connectivity index is 2.33. The second kappa shape index (κ2) is 6.35. The highest BCUT2D eigenvalue weighted by Crippen LogP contribution is 2.28. The van der Waals surface area contributed by atoms with E-state index in [1.807, 2.05) is 13.8 Å². The molecule has 1 atom stereocenters. The molecule has 0 aliphatic heterocycles. The number of halogens is 1. The number of aryl methyl sites for hydroxylation is 1. The van der Waals surface area contributed by atoms with Crippen LogP contribution >= 0.6 is 0 Å². The molecule has 5 heteroatoms. The van der Waals surface area contributed by atoms with Gasteiger partial charge in [-0.05, 0) is 25.0 Å². The number of hydrogen-bond donors (Lipinski definition) is 1. The van der Waals surface area contributed by atoms with E-state index >= 15 is 0 Å². The maximum Gasteiger partial charge on any atom is 0.271 e. The first-order chi connectivity index (χ1) is 10.0. The Bertz CT molecular complexity index is 658. The smallest absolute Gasteiger partial charge is 0.271 e. The van der Waals surface area contributed by atoms with E-state index in [0.29, 0.717) is 17.7 Å². The Labute approximate surface area is 122 Å². The normalized spacial score (nSPS) is 12.0. The van der Waals surface area contributed by atoms with Gasteiger partial charge in [0.15, 0.2) is 0 Å². The van der Waals surface area contributed by atoms with Crippen LogP contribution in [0.2, 0.25) is 0 Å². The molecule has 0 aliphatic carbocycles. The molecular weight excluding hydrogens is 271 g/mol. The zero-order chi connectivity index (χ0) is 15.4. The highest BCUT2D eigenvalue weighted by molar-refractivity contribution is 5.58. The van der Waals surface area contributed by atoms with Gasteiger partial charge in [0.1, 0.15) is 5.82 Å². The predicted molar refractivity (Wildman–Crippen MR) is 80.9 cm³/mol. The fourth-order valence-corrected chi connectivity index (χ4v) is 2.22. The minimum Gasteiger partial charge on any atom is -0.378 e. The van der Waals surface area contributed by atoms with Gasteiger partial charge in [0.2, 0.25) is 0 Å². The van der Waals surface area contributed by atoms with Crippen LogP contribution < -0.4 is 5.32 Å². The van der Waals surface area contributed by atoms with Gasteiger partial charge in [-0.25, -0.2) is 4.39 Å². The van der Waals surface area contributed by atoms with Crippen LogP contribution in [-0.2, 0) is 0 Å². The molecule has 21 heavy (non-hydrogen) atoms. The lowest BCUT2D eigenvalue weighted by Crippen LogP contribution is -2.12. The van der Waals surface area contributed by atoms with Crippen LogP contribution in [0.25, 0.3) is 0 Å². The number of nitrogens with zero attached hydrogens (tertiary/aromatic N) is 1. The fourth-order valence-electron chi connectivity index (χ4n) is 2.22. The zero-order valence-corrected chi connectivity index (χ0v) is 12.0. The number of rotatable bonds is 5. The van der Waals surface area contributed by atoms with Gasteiger partial charge in [-0.15, -0.1) is 0 Å². The molecule has 1 N–H and O–H groups in total. The quantitative estimate of drug-likeness (QED) is 0.646. The molecule has 0 heterocycles. The van der Waals surface area contributed by atoms with Crippen LogP contribution in [0.3, 0.4) is 0 Å². The lowest BCUT2D eigenvalue weighted by molar-refractivity contribution is -0.384. The van der Waals surface area contributed by atoms with Gasteiger partial charge in [0, 0.05) is 23.4 Å².